The van der Waals surface area contributed by atoms with Crippen molar-refractivity contribution in [1.82, 2.24) is 4.90 Å². The predicted molar refractivity (Wildman–Crippen MR) is 77.4 cm³/mol. The number of nitrogens with zero attached hydrogens (tertiary/aromatic N) is 1. The van der Waals surface area contributed by atoms with E-state index in [-0.39, 0.29) is 6.04 Å². The molecular formula is C14H19F3N2S. The first-order valence-electron chi connectivity index (χ1n) is 6.66. The number of benzene rings is 1. The molecule has 2 rings (SSSR count). The minimum atomic E-state index is -4.09. The van der Waals surface area contributed by atoms with Crippen LogP contribution < -0.4 is 5.32 Å². The fourth-order valence-electron chi connectivity index (χ4n) is 2.47. The monoisotopic (exact) mass is 304 g/mol. The summed E-state index contributed by atoms with van der Waals surface area (Å²) in [7, 11) is 0. The van der Waals surface area contributed by atoms with Crippen LogP contribution in [0.1, 0.15) is 12.8 Å². The molecule has 6 heteroatoms. The van der Waals surface area contributed by atoms with Crippen molar-refractivity contribution in [3.63, 3.8) is 0 Å². The second kappa shape index (κ2) is 6.72. The van der Waals surface area contributed by atoms with Gasteiger partial charge in [-0.1, -0.05) is 12.1 Å². The van der Waals surface area contributed by atoms with E-state index in [9.17, 15) is 13.2 Å². The number of halogens is 3. The molecule has 2 nitrogen and oxygen atoms in total. The van der Waals surface area contributed by atoms with Crippen molar-refractivity contribution in [1.29, 1.82) is 0 Å². The molecular weight excluding hydrogens is 285 g/mol. The second-order valence-electron chi connectivity index (χ2n) is 5.01. The Kier molecular flexibility index (Phi) is 5.21. The maximum absolute atomic E-state index is 12.3. The number of piperidine rings is 1. The van der Waals surface area contributed by atoms with Crippen molar-refractivity contribution < 1.29 is 13.2 Å². The number of hydrogen-bond donors (Lipinski definition) is 1. The van der Waals surface area contributed by atoms with Crippen LogP contribution >= 0.6 is 11.8 Å². The van der Waals surface area contributed by atoms with E-state index in [1.165, 1.54) is 9.80 Å². The number of likely N-dealkylation sites (tertiary alicyclic amines) is 1. The average Bonchev–Trinajstić information content (AvgIpc) is 2.40. The molecule has 1 fully saturated rings. The first-order chi connectivity index (χ1) is 9.48. The zero-order valence-electron chi connectivity index (χ0n) is 11.4. The Morgan fingerprint density at radius 3 is 2.50 bits per heavy atom. The molecule has 1 saturated heterocycles. The van der Waals surface area contributed by atoms with E-state index >= 15 is 0 Å². The largest absolute Gasteiger partial charge is 0.401 e. The standard InChI is InChI=1S/C14H19F3N2S/c1-20-13-5-3-2-4-12(13)18-11-6-8-19(9-7-11)10-14(15,16)17/h2-5,11,18H,6-10H2,1H3. The maximum atomic E-state index is 12.3. The Hall–Kier alpha value is -0.880. The summed E-state index contributed by atoms with van der Waals surface area (Å²) in [5.41, 5.74) is 1.08. The minimum absolute atomic E-state index is 0.257. The van der Waals surface area contributed by atoms with Gasteiger partial charge in [-0.05, 0) is 31.2 Å². The van der Waals surface area contributed by atoms with E-state index < -0.39 is 12.7 Å². The van der Waals surface area contributed by atoms with Gasteiger partial charge in [-0.25, -0.2) is 0 Å². The smallest absolute Gasteiger partial charge is 0.381 e. The van der Waals surface area contributed by atoms with E-state index in [0.717, 1.165) is 18.5 Å². The topological polar surface area (TPSA) is 15.3 Å². The number of anilines is 1. The van der Waals surface area contributed by atoms with Crippen LogP contribution in [0, 0.1) is 0 Å². The van der Waals surface area contributed by atoms with Crippen molar-refractivity contribution in [2.24, 2.45) is 0 Å². The quantitative estimate of drug-likeness (QED) is 0.851. The van der Waals surface area contributed by atoms with Gasteiger partial charge in [-0.3, -0.25) is 4.90 Å². The summed E-state index contributed by atoms with van der Waals surface area (Å²) in [6.45, 7) is 0.207. The van der Waals surface area contributed by atoms with Crippen molar-refractivity contribution in [2.75, 3.05) is 31.2 Å². The van der Waals surface area contributed by atoms with Gasteiger partial charge in [0.25, 0.3) is 0 Å². The molecule has 1 heterocycles. The van der Waals surface area contributed by atoms with Gasteiger partial charge in [0.2, 0.25) is 0 Å². The lowest BCUT2D eigenvalue weighted by atomic mass is 10.0. The average molecular weight is 304 g/mol. The summed E-state index contributed by atoms with van der Waals surface area (Å²) in [6, 6.07) is 8.29. The number of thioether (sulfide) groups is 1. The summed E-state index contributed by atoms with van der Waals surface area (Å²) in [5.74, 6) is 0. The Labute approximate surface area is 121 Å². The third-order valence-electron chi connectivity index (χ3n) is 3.46. The molecule has 0 spiro atoms. The molecule has 112 valence electrons. The van der Waals surface area contributed by atoms with E-state index in [0.29, 0.717) is 13.1 Å². The van der Waals surface area contributed by atoms with Crippen molar-refractivity contribution in [3.8, 4) is 0 Å². The summed E-state index contributed by atoms with van der Waals surface area (Å²) in [6.07, 6.45) is -0.574. The number of hydrogen-bond acceptors (Lipinski definition) is 3. The van der Waals surface area contributed by atoms with Crippen LogP contribution in [0.3, 0.4) is 0 Å². The molecule has 1 aliphatic rings. The first kappa shape index (κ1) is 15.5. The number of rotatable bonds is 4. The van der Waals surface area contributed by atoms with Gasteiger partial charge < -0.3 is 5.32 Å². The lowest BCUT2D eigenvalue weighted by Gasteiger charge is -2.33. The molecule has 0 saturated carbocycles. The van der Waals surface area contributed by atoms with Gasteiger partial charge in [0, 0.05) is 29.7 Å². The highest BCUT2D eigenvalue weighted by atomic mass is 32.2. The lowest BCUT2D eigenvalue weighted by Crippen LogP contribution is -2.43. The van der Waals surface area contributed by atoms with Crippen molar-refractivity contribution in [3.05, 3.63) is 24.3 Å². The molecule has 0 unspecified atom stereocenters. The first-order valence-corrected chi connectivity index (χ1v) is 7.89. The molecule has 0 aliphatic carbocycles. The minimum Gasteiger partial charge on any atom is -0.381 e. The molecule has 0 amide bonds. The highest BCUT2D eigenvalue weighted by Crippen LogP contribution is 2.27. The van der Waals surface area contributed by atoms with Crippen molar-refractivity contribution >= 4 is 17.4 Å². The van der Waals surface area contributed by atoms with Crippen LogP contribution in [-0.4, -0.2) is 43.0 Å². The van der Waals surface area contributed by atoms with Crippen LogP contribution in [0.15, 0.2) is 29.2 Å². The zero-order chi connectivity index (χ0) is 14.6. The highest BCUT2D eigenvalue weighted by molar-refractivity contribution is 7.98. The van der Waals surface area contributed by atoms with E-state index in [1.54, 1.807) is 11.8 Å². The van der Waals surface area contributed by atoms with Gasteiger partial charge in [0.05, 0.1) is 6.54 Å². The highest BCUT2D eigenvalue weighted by Gasteiger charge is 2.32. The zero-order valence-corrected chi connectivity index (χ0v) is 12.2. The predicted octanol–water partition coefficient (Wildman–Crippen LogP) is 3.85. The van der Waals surface area contributed by atoms with Crippen LogP contribution in [0.4, 0.5) is 18.9 Å². The number of alkyl halides is 3. The molecule has 1 aromatic rings. The van der Waals surface area contributed by atoms with Gasteiger partial charge >= 0.3 is 6.18 Å². The molecule has 1 aromatic carbocycles. The van der Waals surface area contributed by atoms with Gasteiger partial charge in [0.15, 0.2) is 0 Å². The third kappa shape index (κ3) is 4.59. The Morgan fingerprint density at radius 1 is 1.25 bits per heavy atom. The Balaban J connectivity index is 1.85. The lowest BCUT2D eigenvalue weighted by molar-refractivity contribution is -0.147. The normalized spacial score (nSPS) is 18.2. The Morgan fingerprint density at radius 2 is 1.90 bits per heavy atom. The summed E-state index contributed by atoms with van der Waals surface area (Å²) >= 11 is 1.67. The number of para-hydroxylation sites is 1. The summed E-state index contributed by atoms with van der Waals surface area (Å²) in [4.78, 5) is 2.66. The number of nitrogens with one attached hydrogen (secondary N) is 1. The van der Waals surface area contributed by atoms with Gasteiger partial charge in [-0.2, -0.15) is 13.2 Å². The molecule has 1 aliphatic heterocycles. The summed E-state index contributed by atoms with van der Waals surface area (Å²) < 4.78 is 37.0. The fraction of sp³-hybridized carbons (Fsp3) is 0.571. The van der Waals surface area contributed by atoms with Crippen molar-refractivity contribution in [2.45, 2.75) is 30.0 Å². The molecule has 0 radical (unpaired) electrons. The third-order valence-corrected chi connectivity index (χ3v) is 4.25. The van der Waals surface area contributed by atoms with Crippen LogP contribution in [0.25, 0.3) is 0 Å². The van der Waals surface area contributed by atoms with Gasteiger partial charge in [0.1, 0.15) is 0 Å². The van der Waals surface area contributed by atoms with E-state index in [1.807, 2.05) is 30.5 Å². The van der Waals surface area contributed by atoms with Crippen LogP contribution in [0.5, 0.6) is 0 Å². The fourth-order valence-corrected chi connectivity index (χ4v) is 3.03. The SMILES string of the molecule is CSc1ccccc1NC1CCN(CC(F)(F)F)CC1. The molecule has 0 atom stereocenters. The van der Waals surface area contributed by atoms with Gasteiger partial charge in [-0.15, -0.1) is 11.8 Å². The molecule has 1 N–H and O–H groups in total. The summed E-state index contributed by atoms with van der Waals surface area (Å²) in [5, 5.41) is 3.46. The van der Waals surface area contributed by atoms with Crippen LogP contribution in [0.2, 0.25) is 0 Å². The van der Waals surface area contributed by atoms with E-state index in [2.05, 4.69) is 5.32 Å². The Bertz CT molecular complexity index is 429. The van der Waals surface area contributed by atoms with Crippen LogP contribution in [-0.2, 0) is 0 Å². The second-order valence-corrected chi connectivity index (χ2v) is 5.86. The molecule has 20 heavy (non-hydrogen) atoms. The molecule has 0 aromatic heterocycles. The molecule has 0 bridgehead atoms. The van der Waals surface area contributed by atoms with E-state index in [4.69, 9.17) is 0 Å². The maximum Gasteiger partial charge on any atom is 0.401 e.